The van der Waals surface area contributed by atoms with E-state index >= 15 is 0 Å². The number of morpholine rings is 1. The first-order valence-electron chi connectivity index (χ1n) is 14.4. The van der Waals surface area contributed by atoms with Gasteiger partial charge < -0.3 is 16.2 Å². The Morgan fingerprint density at radius 1 is 1.17 bits per heavy atom. The van der Waals surface area contributed by atoms with Gasteiger partial charge in [0.15, 0.2) is 0 Å². The van der Waals surface area contributed by atoms with Crippen molar-refractivity contribution in [2.24, 2.45) is 46.5 Å². The topological polar surface area (TPSA) is 81.6 Å². The highest BCUT2D eigenvalue weighted by Crippen LogP contribution is 2.46. The maximum atomic E-state index is 12.6. The van der Waals surface area contributed by atoms with Crippen molar-refractivity contribution in [1.82, 2.24) is 4.90 Å². The Bertz CT molecular complexity index is 803. The average molecular weight is 500 g/mol. The number of allylic oxidation sites excluding steroid dienone is 4. The summed E-state index contributed by atoms with van der Waals surface area (Å²) in [6, 6.07) is 0.763. The van der Waals surface area contributed by atoms with Crippen molar-refractivity contribution >= 4 is 5.91 Å². The van der Waals surface area contributed by atoms with Crippen molar-refractivity contribution in [2.75, 3.05) is 26.3 Å². The van der Waals surface area contributed by atoms with Crippen molar-refractivity contribution in [3.05, 3.63) is 36.0 Å². The number of primary amides is 1. The van der Waals surface area contributed by atoms with Gasteiger partial charge in [-0.1, -0.05) is 51.2 Å². The predicted molar refractivity (Wildman–Crippen MR) is 150 cm³/mol. The predicted octanol–water partition coefficient (Wildman–Crippen LogP) is 5.46. The van der Waals surface area contributed by atoms with E-state index in [1.807, 2.05) is 13.8 Å². The molecule has 1 aliphatic heterocycles. The summed E-state index contributed by atoms with van der Waals surface area (Å²) in [6.45, 7) is 19.0. The molecule has 2 aliphatic carbocycles. The lowest BCUT2D eigenvalue weighted by atomic mass is 9.61. The van der Waals surface area contributed by atoms with Gasteiger partial charge in [-0.3, -0.25) is 9.69 Å². The first-order valence-corrected chi connectivity index (χ1v) is 14.4. The summed E-state index contributed by atoms with van der Waals surface area (Å²) in [7, 11) is 0. The fraction of sp³-hybridized carbons (Fsp3) is 0.774. The number of hydrogen-bond acceptors (Lipinski definition) is 4. The number of rotatable bonds is 10. The molecule has 0 aromatic rings. The second kappa shape index (κ2) is 12.9. The maximum Gasteiger partial charge on any atom is 0.223 e. The molecule has 0 aromatic heterocycles. The van der Waals surface area contributed by atoms with E-state index in [2.05, 4.69) is 50.5 Å². The number of amides is 1. The van der Waals surface area contributed by atoms with E-state index in [1.165, 1.54) is 31.3 Å². The molecular weight excluding hydrogens is 446 g/mol. The second-order valence-electron chi connectivity index (χ2n) is 12.5. The molecule has 36 heavy (non-hydrogen) atoms. The number of hydrogen-bond donors (Lipinski definition) is 2. The molecule has 1 heterocycles. The third-order valence-corrected chi connectivity index (χ3v) is 9.77. The summed E-state index contributed by atoms with van der Waals surface area (Å²) in [4.78, 5) is 15.2. The molecule has 1 saturated heterocycles. The zero-order valence-corrected chi connectivity index (χ0v) is 23.7. The third kappa shape index (κ3) is 6.90. The van der Waals surface area contributed by atoms with Crippen LogP contribution >= 0.6 is 0 Å². The second-order valence-corrected chi connectivity index (χ2v) is 12.5. The summed E-state index contributed by atoms with van der Waals surface area (Å²) in [5, 5.41) is 0. The first-order chi connectivity index (χ1) is 17.0. The quantitative estimate of drug-likeness (QED) is 0.309. The van der Waals surface area contributed by atoms with Crippen molar-refractivity contribution in [3.63, 3.8) is 0 Å². The van der Waals surface area contributed by atoms with Crippen LogP contribution in [0.1, 0.15) is 79.6 Å². The molecule has 5 atom stereocenters. The van der Waals surface area contributed by atoms with E-state index < -0.39 is 5.41 Å². The molecule has 0 bridgehead atoms. The van der Waals surface area contributed by atoms with E-state index in [0.717, 1.165) is 57.1 Å². The van der Waals surface area contributed by atoms with E-state index in [1.54, 1.807) is 0 Å². The van der Waals surface area contributed by atoms with Crippen LogP contribution in [0.5, 0.6) is 0 Å². The molecule has 4 N–H and O–H groups in total. The van der Waals surface area contributed by atoms with Gasteiger partial charge in [0.05, 0.1) is 18.6 Å². The monoisotopic (exact) mass is 499 g/mol. The molecule has 5 nitrogen and oxygen atoms in total. The minimum atomic E-state index is -0.664. The number of ether oxygens (including phenoxy) is 1. The van der Waals surface area contributed by atoms with Crippen LogP contribution in [-0.2, 0) is 9.53 Å². The largest absolute Gasteiger partial charge is 0.379 e. The summed E-state index contributed by atoms with van der Waals surface area (Å²) >= 11 is 0. The highest BCUT2D eigenvalue weighted by molar-refractivity contribution is 5.81. The van der Waals surface area contributed by atoms with Gasteiger partial charge in [0.25, 0.3) is 0 Å². The molecule has 3 rings (SSSR count). The molecular formula is C31H53N3O2. The van der Waals surface area contributed by atoms with Crippen LogP contribution < -0.4 is 11.5 Å². The van der Waals surface area contributed by atoms with Gasteiger partial charge in [0, 0.05) is 31.1 Å². The normalized spacial score (nSPS) is 31.0. The molecule has 4 unspecified atom stereocenters. The lowest BCUT2D eigenvalue weighted by Gasteiger charge is -2.42. The molecule has 2 fully saturated rings. The Kier molecular flexibility index (Phi) is 10.4. The van der Waals surface area contributed by atoms with Crippen molar-refractivity contribution in [1.29, 1.82) is 0 Å². The maximum absolute atomic E-state index is 12.6. The fourth-order valence-corrected chi connectivity index (χ4v) is 7.03. The number of carbonyl (C=O) groups is 1. The smallest absolute Gasteiger partial charge is 0.223 e. The Morgan fingerprint density at radius 2 is 1.78 bits per heavy atom. The minimum Gasteiger partial charge on any atom is -0.379 e. The first kappa shape index (κ1) is 29.1. The van der Waals surface area contributed by atoms with Crippen LogP contribution in [0, 0.1) is 35.0 Å². The van der Waals surface area contributed by atoms with E-state index in [9.17, 15) is 4.79 Å². The minimum absolute atomic E-state index is 0.0105. The van der Waals surface area contributed by atoms with E-state index in [0.29, 0.717) is 17.9 Å². The highest BCUT2D eigenvalue weighted by atomic mass is 16.5. The van der Waals surface area contributed by atoms with E-state index in [-0.39, 0.29) is 23.8 Å². The Balaban J connectivity index is 1.69. The van der Waals surface area contributed by atoms with Gasteiger partial charge in [-0.2, -0.15) is 0 Å². The molecule has 1 saturated carbocycles. The lowest BCUT2D eigenvalue weighted by molar-refractivity contribution is -0.129. The van der Waals surface area contributed by atoms with Gasteiger partial charge in [0.2, 0.25) is 5.91 Å². The Hall–Kier alpha value is -1.43. The SMILES string of the molecule is C=C(C)/C(=C\CC(N)C1CCC(C(C)N2CCOCC2)CC1)[C@H](C1C=CCCC1C)C(C)(C)C(N)=O. The molecule has 0 aromatic carbocycles. The number of nitrogens with zero attached hydrogens (tertiary/aromatic N) is 1. The Labute approximate surface area is 220 Å². The van der Waals surface area contributed by atoms with E-state index in [4.69, 9.17) is 16.2 Å². The summed E-state index contributed by atoms with van der Waals surface area (Å²) in [6.07, 6.45) is 14.9. The zero-order valence-electron chi connectivity index (χ0n) is 23.7. The highest BCUT2D eigenvalue weighted by Gasteiger charge is 2.43. The van der Waals surface area contributed by atoms with Crippen LogP contribution in [0.2, 0.25) is 0 Å². The van der Waals surface area contributed by atoms with Crippen molar-refractivity contribution in [2.45, 2.75) is 91.6 Å². The van der Waals surface area contributed by atoms with Crippen LogP contribution in [0.4, 0.5) is 0 Å². The van der Waals surface area contributed by atoms with Gasteiger partial charge >= 0.3 is 0 Å². The standard InChI is InChI=1S/C31H53N3O2/c1-21(2)26(29(31(5,6)30(33)35)27-10-8-7-9-22(27)3)15-16-28(32)25-13-11-24(12-14-25)23(4)34-17-19-36-20-18-34/h8,10,15,22-25,27-29H,1,7,9,11-14,16-20,32H2,2-6H3,(H2,33,35)/b26-15+/t22?,23?,24?,25?,27?,28?,29-/m1/s1. The summed E-state index contributed by atoms with van der Waals surface area (Å²) in [5.41, 5.74) is 14.3. The Morgan fingerprint density at radius 3 is 2.33 bits per heavy atom. The summed E-state index contributed by atoms with van der Waals surface area (Å²) < 4.78 is 5.54. The van der Waals surface area contributed by atoms with Crippen molar-refractivity contribution in [3.8, 4) is 0 Å². The zero-order chi connectivity index (χ0) is 26.5. The molecule has 3 aliphatic rings. The summed E-state index contributed by atoms with van der Waals surface area (Å²) in [5.74, 6) is 1.85. The number of carbonyl (C=O) groups excluding carboxylic acids is 1. The molecule has 0 radical (unpaired) electrons. The fourth-order valence-electron chi connectivity index (χ4n) is 7.03. The molecule has 5 heteroatoms. The van der Waals surface area contributed by atoms with Gasteiger partial charge in [0.1, 0.15) is 0 Å². The van der Waals surface area contributed by atoms with Gasteiger partial charge in [-0.05, 0) is 88.0 Å². The van der Waals surface area contributed by atoms with Gasteiger partial charge in [-0.25, -0.2) is 0 Å². The van der Waals surface area contributed by atoms with Crippen LogP contribution in [-0.4, -0.2) is 49.2 Å². The van der Waals surface area contributed by atoms with Crippen molar-refractivity contribution < 1.29 is 9.53 Å². The van der Waals surface area contributed by atoms with Crippen LogP contribution in [0.3, 0.4) is 0 Å². The molecule has 204 valence electrons. The third-order valence-electron chi connectivity index (χ3n) is 9.77. The number of nitrogens with two attached hydrogens (primary N) is 2. The molecule has 1 amide bonds. The average Bonchev–Trinajstić information content (AvgIpc) is 2.86. The molecule has 0 spiro atoms. The van der Waals surface area contributed by atoms with Crippen LogP contribution in [0.25, 0.3) is 0 Å². The van der Waals surface area contributed by atoms with Gasteiger partial charge in [-0.15, -0.1) is 0 Å². The van der Waals surface area contributed by atoms with Crippen LogP contribution in [0.15, 0.2) is 36.0 Å². The lowest BCUT2D eigenvalue weighted by Crippen LogP contribution is -2.46.